The lowest BCUT2D eigenvalue weighted by molar-refractivity contribution is 0.296. The van der Waals surface area contributed by atoms with Crippen molar-refractivity contribution in [2.75, 3.05) is 12.9 Å². The summed E-state index contributed by atoms with van der Waals surface area (Å²) in [5.41, 5.74) is -0.629. The maximum atomic E-state index is 12.2. The number of nitrogens with zero attached hydrogens (tertiary/aromatic N) is 3. The van der Waals surface area contributed by atoms with Crippen molar-refractivity contribution in [1.29, 1.82) is 0 Å². The van der Waals surface area contributed by atoms with Crippen LogP contribution in [0, 0.1) is 0 Å². The van der Waals surface area contributed by atoms with E-state index in [1.807, 2.05) is 0 Å². The molecule has 1 aromatic heterocycles. The molecule has 92 valence electrons. The van der Waals surface area contributed by atoms with E-state index in [4.69, 9.17) is 11.6 Å². The summed E-state index contributed by atoms with van der Waals surface area (Å²) in [6, 6.07) is 0. The molecule has 0 saturated heterocycles. The van der Waals surface area contributed by atoms with Crippen molar-refractivity contribution < 1.29 is 8.42 Å². The minimum atomic E-state index is -3.52. The molecular weight excluding hydrogens is 250 g/mol. The van der Waals surface area contributed by atoms with E-state index in [1.54, 1.807) is 20.9 Å². The molecule has 0 fully saturated rings. The van der Waals surface area contributed by atoms with Crippen LogP contribution in [-0.4, -0.2) is 41.0 Å². The van der Waals surface area contributed by atoms with Crippen molar-refractivity contribution in [2.24, 2.45) is 7.05 Å². The van der Waals surface area contributed by atoms with Crippen molar-refractivity contribution in [3.8, 4) is 0 Å². The van der Waals surface area contributed by atoms with Crippen LogP contribution in [0.15, 0.2) is 17.3 Å². The number of aryl methyl sites for hydroxylation is 1. The Kier molecular flexibility index (Phi) is 3.66. The molecule has 0 spiro atoms. The second-order valence-electron chi connectivity index (χ2n) is 4.27. The summed E-state index contributed by atoms with van der Waals surface area (Å²) in [5.74, 6) is 0.225. The molecule has 0 radical (unpaired) electrons. The highest BCUT2D eigenvalue weighted by molar-refractivity contribution is 7.89. The fourth-order valence-corrected chi connectivity index (χ4v) is 2.85. The van der Waals surface area contributed by atoms with Gasteiger partial charge >= 0.3 is 0 Å². The van der Waals surface area contributed by atoms with Crippen molar-refractivity contribution >= 4 is 21.6 Å². The van der Waals surface area contributed by atoms with E-state index in [-0.39, 0.29) is 10.8 Å². The zero-order valence-electron chi connectivity index (χ0n) is 9.81. The number of alkyl halides is 1. The zero-order valence-corrected chi connectivity index (χ0v) is 11.4. The van der Waals surface area contributed by atoms with Crippen LogP contribution in [0.4, 0.5) is 0 Å². The fraction of sp³-hybridized carbons (Fsp3) is 0.667. The molecule has 0 unspecified atom stereocenters. The number of hydrogen-bond acceptors (Lipinski definition) is 3. The minimum Gasteiger partial charge on any atom is -0.274 e. The number of halogens is 1. The Labute approximate surface area is 101 Å². The third-order valence-electron chi connectivity index (χ3n) is 2.52. The summed E-state index contributed by atoms with van der Waals surface area (Å²) in [6.07, 6.45) is 2.80. The Morgan fingerprint density at radius 3 is 2.50 bits per heavy atom. The summed E-state index contributed by atoms with van der Waals surface area (Å²) in [4.78, 5) is 0.177. The number of rotatable bonds is 4. The Morgan fingerprint density at radius 2 is 2.12 bits per heavy atom. The van der Waals surface area contributed by atoms with Crippen molar-refractivity contribution in [1.82, 2.24) is 14.1 Å². The Hall–Kier alpha value is -0.590. The third kappa shape index (κ3) is 2.39. The van der Waals surface area contributed by atoms with Gasteiger partial charge in [0.2, 0.25) is 10.0 Å². The van der Waals surface area contributed by atoms with Gasteiger partial charge in [-0.1, -0.05) is 0 Å². The molecule has 0 aliphatic carbocycles. The van der Waals surface area contributed by atoms with E-state index in [0.717, 1.165) is 0 Å². The van der Waals surface area contributed by atoms with Gasteiger partial charge in [-0.3, -0.25) is 4.68 Å². The monoisotopic (exact) mass is 265 g/mol. The standard InChI is InChI=1S/C9H16ClN3O2S/c1-9(2,7-10)13(4)16(14,15)8-5-11-12(3)6-8/h5-6H,7H2,1-4H3. The van der Waals surface area contributed by atoms with Crippen LogP contribution in [0.3, 0.4) is 0 Å². The highest BCUT2D eigenvalue weighted by Crippen LogP contribution is 2.23. The molecule has 0 N–H and O–H groups in total. The molecular formula is C9H16ClN3O2S. The van der Waals surface area contributed by atoms with E-state index in [1.165, 1.54) is 28.4 Å². The summed E-state index contributed by atoms with van der Waals surface area (Å²) >= 11 is 5.76. The summed E-state index contributed by atoms with van der Waals surface area (Å²) in [5, 5.41) is 3.85. The third-order valence-corrected chi connectivity index (χ3v) is 5.19. The molecule has 7 heteroatoms. The SMILES string of the molecule is CN(C(C)(C)CCl)S(=O)(=O)c1cnn(C)c1. The average Bonchev–Trinajstić information content (AvgIpc) is 2.64. The van der Waals surface area contributed by atoms with Gasteiger partial charge in [0.15, 0.2) is 0 Å². The Morgan fingerprint density at radius 1 is 1.56 bits per heavy atom. The molecule has 1 rings (SSSR count). The van der Waals surface area contributed by atoms with Gasteiger partial charge in [0.25, 0.3) is 0 Å². The second-order valence-corrected chi connectivity index (χ2v) is 6.50. The molecule has 5 nitrogen and oxygen atoms in total. The molecule has 0 amide bonds. The van der Waals surface area contributed by atoms with Crippen LogP contribution in [0.2, 0.25) is 0 Å². The molecule has 1 aromatic rings. The summed E-state index contributed by atoms with van der Waals surface area (Å²) < 4.78 is 27.1. The summed E-state index contributed by atoms with van der Waals surface area (Å²) in [6.45, 7) is 3.54. The van der Waals surface area contributed by atoms with E-state index < -0.39 is 15.6 Å². The predicted molar refractivity (Wildman–Crippen MR) is 63.0 cm³/mol. The lowest BCUT2D eigenvalue weighted by Gasteiger charge is -2.32. The zero-order chi connectivity index (χ0) is 12.6. The van der Waals surface area contributed by atoms with Gasteiger partial charge in [0.05, 0.1) is 6.20 Å². The summed E-state index contributed by atoms with van der Waals surface area (Å²) in [7, 11) is -0.331. The molecule has 0 aromatic carbocycles. The number of aromatic nitrogens is 2. The van der Waals surface area contributed by atoms with Crippen LogP contribution >= 0.6 is 11.6 Å². The first-order chi connectivity index (χ1) is 7.21. The van der Waals surface area contributed by atoms with Crippen LogP contribution in [-0.2, 0) is 17.1 Å². The van der Waals surface area contributed by atoms with E-state index in [2.05, 4.69) is 5.10 Å². The van der Waals surface area contributed by atoms with Crippen LogP contribution < -0.4 is 0 Å². The predicted octanol–water partition coefficient (Wildman–Crippen LogP) is 1.06. The van der Waals surface area contributed by atoms with E-state index >= 15 is 0 Å². The lowest BCUT2D eigenvalue weighted by Crippen LogP contribution is -2.46. The van der Waals surface area contributed by atoms with Crippen LogP contribution in [0.1, 0.15) is 13.8 Å². The normalized spacial score (nSPS) is 13.4. The smallest absolute Gasteiger partial charge is 0.246 e. The number of sulfonamides is 1. The topological polar surface area (TPSA) is 55.2 Å². The average molecular weight is 266 g/mol. The Balaban J connectivity index is 3.13. The van der Waals surface area contributed by atoms with Gasteiger partial charge in [-0.25, -0.2) is 8.42 Å². The fourth-order valence-electron chi connectivity index (χ4n) is 1.10. The first kappa shape index (κ1) is 13.5. The van der Waals surface area contributed by atoms with Gasteiger partial charge in [-0.15, -0.1) is 11.6 Å². The molecule has 0 atom stereocenters. The maximum absolute atomic E-state index is 12.2. The first-order valence-electron chi connectivity index (χ1n) is 4.75. The van der Waals surface area contributed by atoms with Gasteiger partial charge in [0.1, 0.15) is 4.90 Å². The molecule has 0 aliphatic heterocycles. The molecule has 1 heterocycles. The van der Waals surface area contributed by atoms with Crippen molar-refractivity contribution in [3.05, 3.63) is 12.4 Å². The molecule has 0 saturated carbocycles. The molecule has 0 bridgehead atoms. The van der Waals surface area contributed by atoms with Crippen LogP contribution in [0.25, 0.3) is 0 Å². The van der Waals surface area contributed by atoms with Crippen LogP contribution in [0.5, 0.6) is 0 Å². The largest absolute Gasteiger partial charge is 0.274 e. The lowest BCUT2D eigenvalue weighted by atomic mass is 10.1. The Bertz CT molecular complexity index is 467. The highest BCUT2D eigenvalue weighted by atomic mass is 35.5. The quantitative estimate of drug-likeness (QED) is 0.765. The maximum Gasteiger partial charge on any atom is 0.246 e. The van der Waals surface area contributed by atoms with Gasteiger partial charge in [-0.2, -0.15) is 9.40 Å². The number of hydrogen-bond donors (Lipinski definition) is 0. The second kappa shape index (κ2) is 4.35. The van der Waals surface area contributed by atoms with E-state index in [9.17, 15) is 8.42 Å². The highest BCUT2D eigenvalue weighted by Gasteiger charge is 2.34. The first-order valence-corrected chi connectivity index (χ1v) is 6.73. The van der Waals surface area contributed by atoms with E-state index in [0.29, 0.717) is 0 Å². The molecule has 16 heavy (non-hydrogen) atoms. The molecule has 0 aliphatic rings. The minimum absolute atomic E-state index is 0.177. The van der Waals surface area contributed by atoms with Crippen molar-refractivity contribution in [3.63, 3.8) is 0 Å². The van der Waals surface area contributed by atoms with Crippen molar-refractivity contribution in [2.45, 2.75) is 24.3 Å². The van der Waals surface area contributed by atoms with Gasteiger partial charge in [0, 0.05) is 31.7 Å². The van der Waals surface area contributed by atoms with Gasteiger partial charge < -0.3 is 0 Å². The van der Waals surface area contributed by atoms with Gasteiger partial charge in [-0.05, 0) is 13.8 Å².